The number of hydrogen-bond acceptors (Lipinski definition) is 14. The first-order chi connectivity index (χ1) is 22.7. The van der Waals surface area contributed by atoms with E-state index < -0.39 is 48.6 Å². The summed E-state index contributed by atoms with van der Waals surface area (Å²) >= 11 is 0. The number of nitrogens with two attached hydrogens (primary N) is 1. The van der Waals surface area contributed by atoms with Crippen LogP contribution >= 0.6 is 0 Å². The topological polar surface area (TPSA) is 204 Å². The van der Waals surface area contributed by atoms with Crippen LogP contribution < -0.4 is 16.0 Å². The molecule has 5 rings (SSSR count). The maximum absolute atomic E-state index is 12.1. The molecule has 2 fully saturated rings. The lowest BCUT2D eigenvalue weighted by Gasteiger charge is -2.22. The average Bonchev–Trinajstić information content (AvgIpc) is 3.71. The Balaban J connectivity index is 0.000000281. The van der Waals surface area contributed by atoms with Gasteiger partial charge < -0.3 is 53.8 Å². The van der Waals surface area contributed by atoms with Gasteiger partial charge >= 0.3 is 0 Å². The summed E-state index contributed by atoms with van der Waals surface area (Å²) < 4.78 is 44.5. The van der Waals surface area contributed by atoms with Crippen molar-refractivity contribution < 1.29 is 48.1 Å². The molecule has 16 heteroatoms. The second kappa shape index (κ2) is 18.9. The van der Waals surface area contributed by atoms with Gasteiger partial charge in [-0.1, -0.05) is 24.1 Å². The second-order valence-corrected chi connectivity index (χ2v) is 9.99. The van der Waals surface area contributed by atoms with E-state index in [2.05, 4.69) is 33.2 Å². The first kappa shape index (κ1) is 37.4. The Morgan fingerprint density at radius 2 is 1.70 bits per heavy atom. The third-order valence-electron chi connectivity index (χ3n) is 6.82. The Kier molecular flexibility index (Phi) is 15.1. The molecule has 256 valence electrons. The second-order valence-electron chi connectivity index (χ2n) is 9.99. The van der Waals surface area contributed by atoms with Crippen molar-refractivity contribution in [3.8, 4) is 30.4 Å². The highest BCUT2D eigenvalue weighted by atomic mass is 16.7. The van der Waals surface area contributed by atoms with Gasteiger partial charge in [0.25, 0.3) is 5.56 Å². The number of ether oxygens (including phenoxy) is 8. The molecule has 2 aromatic heterocycles. The van der Waals surface area contributed by atoms with Crippen molar-refractivity contribution in [3.63, 3.8) is 0 Å². The number of methoxy groups -OCH3 is 3. The average molecular weight is 660 g/mol. The molecule has 16 nitrogen and oxygen atoms in total. The van der Waals surface area contributed by atoms with Gasteiger partial charge in [0.05, 0.1) is 19.5 Å². The third kappa shape index (κ3) is 9.72. The summed E-state index contributed by atoms with van der Waals surface area (Å²) in [5.41, 5.74) is 5.52. The third-order valence-corrected chi connectivity index (χ3v) is 6.82. The van der Waals surface area contributed by atoms with Crippen LogP contribution in [0.5, 0.6) is 5.75 Å². The number of terminal acetylenes is 2. The molecule has 8 atom stereocenters. The highest BCUT2D eigenvalue weighted by Crippen LogP contribution is 2.33. The number of nitrogen functional groups attached to an aromatic ring is 1. The van der Waals surface area contributed by atoms with Gasteiger partial charge in [-0.15, -0.1) is 18.8 Å². The van der Waals surface area contributed by atoms with Crippen molar-refractivity contribution >= 4 is 17.1 Å². The first-order valence-electron chi connectivity index (χ1n) is 14.4. The number of nitrogens with zero attached hydrogens (tertiary/aromatic N) is 3. The van der Waals surface area contributed by atoms with E-state index in [1.54, 1.807) is 26.2 Å². The number of aromatic amines is 1. The molecule has 0 amide bonds. The van der Waals surface area contributed by atoms with E-state index in [1.807, 2.05) is 18.2 Å². The van der Waals surface area contributed by atoms with Crippen LogP contribution in [0.4, 0.5) is 5.95 Å². The SMILES string of the molecule is C#CC.C#CCOC1OC(COC)C(OC)C1O.COCC1OC(n2cnc3c(=O)[nH]c(N)nc32)C(OCOc2ccccc2)C1O. The van der Waals surface area contributed by atoms with Gasteiger partial charge in [-0.3, -0.25) is 14.3 Å². The van der Waals surface area contributed by atoms with Crippen molar-refractivity contribution in [3.05, 3.63) is 47.0 Å². The Morgan fingerprint density at radius 1 is 1.02 bits per heavy atom. The minimum atomic E-state index is -1.00. The molecule has 0 radical (unpaired) electrons. The van der Waals surface area contributed by atoms with E-state index >= 15 is 0 Å². The zero-order chi connectivity index (χ0) is 34.3. The molecule has 47 heavy (non-hydrogen) atoms. The zero-order valence-electron chi connectivity index (χ0n) is 26.6. The van der Waals surface area contributed by atoms with E-state index in [1.165, 1.54) is 25.1 Å². The Bertz CT molecular complexity index is 1510. The number of benzene rings is 1. The van der Waals surface area contributed by atoms with Crippen molar-refractivity contribution in [2.24, 2.45) is 0 Å². The largest absolute Gasteiger partial charge is 0.468 e. The fourth-order valence-corrected chi connectivity index (χ4v) is 4.81. The number of aliphatic hydroxyl groups is 2. The molecule has 8 unspecified atom stereocenters. The smallest absolute Gasteiger partial charge is 0.280 e. The molecule has 4 heterocycles. The molecule has 0 saturated carbocycles. The van der Waals surface area contributed by atoms with Gasteiger partial charge in [0.15, 0.2) is 30.5 Å². The molecule has 2 saturated heterocycles. The van der Waals surface area contributed by atoms with Gasteiger partial charge in [-0.25, -0.2) is 4.98 Å². The fourth-order valence-electron chi connectivity index (χ4n) is 4.81. The molecule has 0 spiro atoms. The number of hydrogen-bond donors (Lipinski definition) is 4. The summed E-state index contributed by atoms with van der Waals surface area (Å²) in [6.07, 6.45) is 5.37. The molecule has 0 bridgehead atoms. The predicted molar refractivity (Wildman–Crippen MR) is 168 cm³/mol. The summed E-state index contributed by atoms with van der Waals surface area (Å²) in [6, 6.07) is 9.13. The fraction of sp³-hybridized carbons (Fsp3) is 0.516. The van der Waals surface area contributed by atoms with E-state index in [4.69, 9.17) is 50.1 Å². The molecular formula is C31H41N5O11. The zero-order valence-corrected chi connectivity index (χ0v) is 26.6. The van der Waals surface area contributed by atoms with E-state index in [0.717, 1.165) is 0 Å². The van der Waals surface area contributed by atoms with Gasteiger partial charge in [0, 0.05) is 21.3 Å². The van der Waals surface area contributed by atoms with Crippen molar-refractivity contribution in [1.82, 2.24) is 19.5 Å². The molecular weight excluding hydrogens is 618 g/mol. The van der Waals surface area contributed by atoms with E-state index in [9.17, 15) is 15.0 Å². The Hall–Kier alpha value is -4.07. The summed E-state index contributed by atoms with van der Waals surface area (Å²) in [7, 11) is 4.56. The lowest BCUT2D eigenvalue weighted by atomic mass is 10.1. The molecule has 5 N–H and O–H groups in total. The number of fused-ring (bicyclic) bond motifs is 1. The minimum Gasteiger partial charge on any atom is -0.468 e. The number of aliphatic hydroxyl groups excluding tert-OH is 2. The van der Waals surface area contributed by atoms with Crippen molar-refractivity contribution in [2.45, 2.75) is 56.1 Å². The van der Waals surface area contributed by atoms with Crippen LogP contribution in [0.1, 0.15) is 13.2 Å². The maximum Gasteiger partial charge on any atom is 0.280 e. The molecule has 2 aliphatic heterocycles. The molecule has 3 aromatic rings. The predicted octanol–water partition coefficient (Wildman–Crippen LogP) is 0.0511. The standard InChI is InChI=1S/C18H21N5O6.C10H16O5.C3H4/c1-26-7-11-13(24)14(28-9-27-10-5-3-2-4-6-10)17(29-11)23-8-20-12-15(23)21-18(19)22-16(12)25;1-4-5-14-10-8(11)9(13-3)7(15-10)6-12-2;1-3-2/h2-6,8,11,13-14,17,24H,7,9H2,1H3,(H3,19,21,22,25);1,7-11H,5-6H2,2-3H3;1H,2H3. The lowest BCUT2D eigenvalue weighted by molar-refractivity contribution is -0.162. The number of H-pyrrole nitrogens is 1. The number of imidazole rings is 1. The number of aromatic nitrogens is 4. The van der Waals surface area contributed by atoms with Gasteiger partial charge in [0.1, 0.15) is 49.0 Å². The highest BCUT2D eigenvalue weighted by molar-refractivity contribution is 5.70. The van der Waals surface area contributed by atoms with Gasteiger partial charge in [-0.2, -0.15) is 4.98 Å². The van der Waals surface area contributed by atoms with Crippen LogP contribution in [0.25, 0.3) is 11.2 Å². The van der Waals surface area contributed by atoms with Crippen LogP contribution in [-0.2, 0) is 33.2 Å². The maximum atomic E-state index is 12.1. The van der Waals surface area contributed by atoms with Crippen LogP contribution in [0.15, 0.2) is 41.5 Å². The van der Waals surface area contributed by atoms with Crippen molar-refractivity contribution in [2.75, 3.05) is 53.7 Å². The summed E-state index contributed by atoms with van der Waals surface area (Å²) in [6.45, 7) is 2.12. The highest BCUT2D eigenvalue weighted by Gasteiger charge is 2.47. The van der Waals surface area contributed by atoms with Crippen LogP contribution in [0.3, 0.4) is 0 Å². The Labute approximate surface area is 272 Å². The first-order valence-corrected chi connectivity index (χ1v) is 14.4. The van der Waals surface area contributed by atoms with E-state index in [0.29, 0.717) is 12.4 Å². The molecule has 2 aliphatic rings. The molecule has 1 aromatic carbocycles. The monoisotopic (exact) mass is 659 g/mol. The van der Waals surface area contributed by atoms with E-state index in [-0.39, 0.29) is 43.2 Å². The van der Waals surface area contributed by atoms with Crippen LogP contribution in [0.2, 0.25) is 0 Å². The van der Waals surface area contributed by atoms with Gasteiger partial charge in [-0.05, 0) is 19.1 Å². The van der Waals surface area contributed by atoms with Crippen LogP contribution in [-0.4, -0.2) is 121 Å². The van der Waals surface area contributed by atoms with Gasteiger partial charge in [0.2, 0.25) is 5.95 Å². The number of nitrogens with one attached hydrogen (secondary N) is 1. The Morgan fingerprint density at radius 3 is 2.34 bits per heavy atom. The summed E-state index contributed by atoms with van der Waals surface area (Å²) in [5.74, 6) is 5.13. The number of anilines is 1. The summed E-state index contributed by atoms with van der Waals surface area (Å²) in [5, 5.41) is 20.5. The number of rotatable bonds is 12. The lowest BCUT2D eigenvalue weighted by Crippen LogP contribution is -2.36. The molecule has 0 aliphatic carbocycles. The minimum absolute atomic E-state index is 0.0545. The van der Waals surface area contributed by atoms with Crippen LogP contribution in [0, 0.1) is 24.7 Å². The normalized spacial score (nSPS) is 26.4. The summed E-state index contributed by atoms with van der Waals surface area (Å²) in [4.78, 5) is 22.7. The number of para-hydroxylation sites is 1. The van der Waals surface area contributed by atoms with Crippen molar-refractivity contribution in [1.29, 1.82) is 0 Å². The quantitative estimate of drug-likeness (QED) is 0.150.